The highest BCUT2D eigenvalue weighted by Gasteiger charge is 2.08. The lowest BCUT2D eigenvalue weighted by Crippen LogP contribution is -2.02. The van der Waals surface area contributed by atoms with Crippen LogP contribution in [0.3, 0.4) is 0 Å². The average molecular weight is 166 g/mol. The number of carboxylic acids is 1. The van der Waals surface area contributed by atoms with Crippen LogP contribution in [0.5, 0.6) is 0 Å². The summed E-state index contributed by atoms with van der Waals surface area (Å²) >= 11 is 0. The Labute approximate surface area is 71.0 Å². The van der Waals surface area contributed by atoms with E-state index in [-0.39, 0.29) is 12.3 Å². The molecule has 64 valence electrons. The highest BCUT2D eigenvalue weighted by molar-refractivity contribution is 5.66. The lowest BCUT2D eigenvalue weighted by molar-refractivity contribution is -0.137. The molecule has 0 rings (SSSR count). The lowest BCUT2D eigenvalue weighted by Gasteiger charge is -2.02. The van der Waals surface area contributed by atoms with E-state index in [9.17, 15) is 4.79 Å². The van der Waals surface area contributed by atoms with Crippen molar-refractivity contribution in [1.82, 2.24) is 0 Å². The van der Waals surface area contributed by atoms with E-state index in [1.54, 1.807) is 0 Å². The molecule has 1 atom stereocenters. The second-order valence-corrected chi connectivity index (χ2v) is 2.46. The number of carbonyl (C=O) groups is 1. The molecule has 0 saturated heterocycles. The van der Waals surface area contributed by atoms with Gasteiger partial charge in [-0.05, 0) is 12.8 Å². The predicted octanol–water partition coefficient (Wildman–Crippen LogP) is 1.29. The summed E-state index contributed by atoms with van der Waals surface area (Å²) in [6, 6.07) is 3.90. The summed E-state index contributed by atoms with van der Waals surface area (Å²) < 4.78 is 0. The SMILES string of the molecule is N#CCCC(C#N)CCC(=O)O. The molecule has 1 unspecified atom stereocenters. The molecular formula is C8H10N2O2. The van der Waals surface area contributed by atoms with Crippen LogP contribution in [0.4, 0.5) is 0 Å². The molecule has 0 aliphatic carbocycles. The van der Waals surface area contributed by atoms with Crippen LogP contribution in [0.25, 0.3) is 0 Å². The standard InChI is InChI=1S/C8H10N2O2/c9-5-1-2-7(6-10)3-4-8(11)12/h7H,1-4H2,(H,11,12). The highest BCUT2D eigenvalue weighted by Crippen LogP contribution is 2.11. The van der Waals surface area contributed by atoms with Gasteiger partial charge in [0.25, 0.3) is 0 Å². The quantitative estimate of drug-likeness (QED) is 0.666. The Hall–Kier alpha value is -1.55. The van der Waals surface area contributed by atoms with E-state index >= 15 is 0 Å². The summed E-state index contributed by atoms with van der Waals surface area (Å²) in [6.07, 6.45) is 1.13. The molecule has 0 fully saturated rings. The Balaban J connectivity index is 3.64. The summed E-state index contributed by atoms with van der Waals surface area (Å²) in [6.45, 7) is 0. The largest absolute Gasteiger partial charge is 0.481 e. The zero-order valence-corrected chi connectivity index (χ0v) is 6.66. The minimum Gasteiger partial charge on any atom is -0.481 e. The first-order valence-corrected chi connectivity index (χ1v) is 3.69. The van der Waals surface area contributed by atoms with Crippen LogP contribution in [-0.4, -0.2) is 11.1 Å². The van der Waals surface area contributed by atoms with Crippen molar-refractivity contribution in [2.75, 3.05) is 0 Å². The molecular weight excluding hydrogens is 156 g/mol. The molecule has 0 amide bonds. The van der Waals surface area contributed by atoms with Crippen molar-refractivity contribution in [3.8, 4) is 12.1 Å². The Bertz CT molecular complexity index is 224. The van der Waals surface area contributed by atoms with Crippen LogP contribution in [-0.2, 0) is 4.79 Å². The topological polar surface area (TPSA) is 84.9 Å². The maximum Gasteiger partial charge on any atom is 0.303 e. The number of carboxylic acid groups (broad SMARTS) is 1. The van der Waals surface area contributed by atoms with Gasteiger partial charge < -0.3 is 5.11 Å². The third kappa shape index (κ3) is 5.25. The molecule has 1 N–H and O–H groups in total. The van der Waals surface area contributed by atoms with Crippen molar-refractivity contribution in [2.45, 2.75) is 25.7 Å². The summed E-state index contributed by atoms with van der Waals surface area (Å²) in [5.41, 5.74) is 0. The summed E-state index contributed by atoms with van der Waals surface area (Å²) in [7, 11) is 0. The first-order chi connectivity index (χ1) is 5.70. The molecule has 4 nitrogen and oxygen atoms in total. The molecule has 0 saturated carbocycles. The van der Waals surface area contributed by atoms with E-state index in [2.05, 4.69) is 0 Å². The molecule has 4 heteroatoms. The van der Waals surface area contributed by atoms with Crippen LogP contribution >= 0.6 is 0 Å². The van der Waals surface area contributed by atoms with Gasteiger partial charge in [-0.15, -0.1) is 0 Å². The van der Waals surface area contributed by atoms with Gasteiger partial charge in [0.2, 0.25) is 0 Å². The molecule has 0 aliphatic heterocycles. The summed E-state index contributed by atoms with van der Waals surface area (Å²) in [5, 5.41) is 25.0. The fraction of sp³-hybridized carbons (Fsp3) is 0.625. The van der Waals surface area contributed by atoms with Gasteiger partial charge in [-0.2, -0.15) is 10.5 Å². The number of nitrogens with zero attached hydrogens (tertiary/aromatic N) is 2. The van der Waals surface area contributed by atoms with Crippen molar-refractivity contribution in [1.29, 1.82) is 10.5 Å². The monoisotopic (exact) mass is 166 g/mol. The highest BCUT2D eigenvalue weighted by atomic mass is 16.4. The maximum atomic E-state index is 10.1. The van der Waals surface area contributed by atoms with E-state index in [0.29, 0.717) is 19.3 Å². The number of rotatable bonds is 5. The van der Waals surface area contributed by atoms with Gasteiger partial charge in [0.15, 0.2) is 0 Å². The van der Waals surface area contributed by atoms with Crippen molar-refractivity contribution >= 4 is 5.97 Å². The average Bonchev–Trinajstić information content (AvgIpc) is 2.05. The van der Waals surface area contributed by atoms with Crippen LogP contribution in [0.15, 0.2) is 0 Å². The third-order valence-electron chi connectivity index (χ3n) is 1.49. The van der Waals surface area contributed by atoms with Gasteiger partial charge in [0.05, 0.1) is 12.1 Å². The molecule has 0 aromatic rings. The number of hydrogen-bond acceptors (Lipinski definition) is 3. The van der Waals surface area contributed by atoms with E-state index in [4.69, 9.17) is 15.6 Å². The Kier molecular flexibility index (Phi) is 5.38. The predicted molar refractivity (Wildman–Crippen MR) is 40.8 cm³/mol. The molecule has 0 radical (unpaired) electrons. The molecule has 0 heterocycles. The lowest BCUT2D eigenvalue weighted by atomic mass is 10.00. The maximum absolute atomic E-state index is 10.1. The minimum absolute atomic E-state index is 0.00363. The molecule has 0 aliphatic rings. The van der Waals surface area contributed by atoms with E-state index < -0.39 is 5.97 Å². The number of hydrogen-bond donors (Lipinski definition) is 1. The summed E-state index contributed by atoms with van der Waals surface area (Å²) in [5.74, 6) is -1.19. The Morgan fingerprint density at radius 3 is 2.50 bits per heavy atom. The van der Waals surface area contributed by atoms with Gasteiger partial charge in [0.1, 0.15) is 0 Å². The van der Waals surface area contributed by atoms with E-state index in [1.165, 1.54) is 0 Å². The van der Waals surface area contributed by atoms with Crippen molar-refractivity contribution in [2.24, 2.45) is 5.92 Å². The molecule has 0 aromatic heterocycles. The van der Waals surface area contributed by atoms with E-state index in [0.717, 1.165) is 0 Å². The van der Waals surface area contributed by atoms with Crippen LogP contribution < -0.4 is 0 Å². The first kappa shape index (κ1) is 10.4. The van der Waals surface area contributed by atoms with Gasteiger partial charge in [0, 0.05) is 18.8 Å². The molecule has 12 heavy (non-hydrogen) atoms. The zero-order chi connectivity index (χ0) is 9.40. The van der Waals surface area contributed by atoms with E-state index in [1.807, 2.05) is 12.1 Å². The van der Waals surface area contributed by atoms with Gasteiger partial charge in [-0.1, -0.05) is 0 Å². The normalized spacial score (nSPS) is 11.2. The molecule has 0 bridgehead atoms. The zero-order valence-electron chi connectivity index (χ0n) is 6.66. The fourth-order valence-electron chi connectivity index (χ4n) is 0.810. The second-order valence-electron chi connectivity index (χ2n) is 2.46. The van der Waals surface area contributed by atoms with Crippen molar-refractivity contribution in [3.63, 3.8) is 0 Å². The van der Waals surface area contributed by atoms with Crippen LogP contribution in [0.1, 0.15) is 25.7 Å². The smallest absolute Gasteiger partial charge is 0.303 e. The number of aliphatic carboxylic acids is 1. The van der Waals surface area contributed by atoms with Gasteiger partial charge in [-0.3, -0.25) is 4.79 Å². The summed E-state index contributed by atoms with van der Waals surface area (Å²) in [4.78, 5) is 10.1. The van der Waals surface area contributed by atoms with Gasteiger partial charge >= 0.3 is 5.97 Å². The molecule has 0 aromatic carbocycles. The first-order valence-electron chi connectivity index (χ1n) is 3.69. The Morgan fingerprint density at radius 1 is 1.42 bits per heavy atom. The minimum atomic E-state index is -0.896. The van der Waals surface area contributed by atoms with Crippen LogP contribution in [0, 0.1) is 28.6 Å². The van der Waals surface area contributed by atoms with Crippen LogP contribution in [0.2, 0.25) is 0 Å². The second kappa shape index (κ2) is 6.18. The van der Waals surface area contributed by atoms with Gasteiger partial charge in [-0.25, -0.2) is 0 Å². The molecule has 0 spiro atoms. The fourth-order valence-corrected chi connectivity index (χ4v) is 0.810. The van der Waals surface area contributed by atoms with Crippen molar-refractivity contribution < 1.29 is 9.90 Å². The number of nitriles is 2. The third-order valence-corrected chi connectivity index (χ3v) is 1.49. The van der Waals surface area contributed by atoms with Crippen molar-refractivity contribution in [3.05, 3.63) is 0 Å². The Morgan fingerprint density at radius 2 is 2.08 bits per heavy atom.